The second-order valence-electron chi connectivity index (χ2n) is 9.05. The minimum atomic E-state index is -0.869. The van der Waals surface area contributed by atoms with Gasteiger partial charge in [-0.3, -0.25) is 0 Å². The Morgan fingerprint density at radius 3 is 2.42 bits per heavy atom. The molecule has 0 saturated heterocycles. The van der Waals surface area contributed by atoms with Crippen LogP contribution in [0, 0.1) is 22.7 Å². The lowest BCUT2D eigenvalue weighted by atomic mass is 9.43. The predicted octanol–water partition coefficient (Wildman–Crippen LogP) is 3.90. The molecule has 2 aliphatic carbocycles. The SMILES string of the molecule is C[C@@H]1CC[C@H]2C(C)(C)[C@@H](O)CC[C@]2(C)C1(O)Cc1ccccc1O. The van der Waals surface area contributed by atoms with E-state index in [9.17, 15) is 15.3 Å². The molecular formula is C21H32O3. The first-order valence-corrected chi connectivity index (χ1v) is 9.30. The molecule has 0 spiro atoms. The standard InChI is InChI=1S/C21H32O3/c1-14-9-10-17-19(2,3)18(23)11-12-20(17,4)21(14,24)13-15-7-5-6-8-16(15)22/h5-8,14,17-18,22-24H,9-13H2,1-4H3/t14-,17+,18+,20+,21?/m1/s1. The number of para-hydroxylation sites is 1. The van der Waals surface area contributed by atoms with Crippen LogP contribution in [0.4, 0.5) is 0 Å². The van der Waals surface area contributed by atoms with Gasteiger partial charge in [-0.2, -0.15) is 0 Å². The number of rotatable bonds is 2. The summed E-state index contributed by atoms with van der Waals surface area (Å²) in [5.41, 5.74) is -0.500. The lowest BCUT2D eigenvalue weighted by Gasteiger charge is -2.64. The van der Waals surface area contributed by atoms with E-state index in [1.165, 1.54) is 0 Å². The van der Waals surface area contributed by atoms with E-state index in [4.69, 9.17) is 0 Å². The molecule has 3 heteroatoms. The van der Waals surface area contributed by atoms with E-state index >= 15 is 0 Å². The monoisotopic (exact) mass is 332 g/mol. The van der Waals surface area contributed by atoms with Crippen molar-refractivity contribution in [2.24, 2.45) is 22.7 Å². The summed E-state index contributed by atoms with van der Waals surface area (Å²) in [5, 5.41) is 32.7. The van der Waals surface area contributed by atoms with E-state index in [2.05, 4.69) is 27.7 Å². The third-order valence-corrected chi connectivity index (χ3v) is 7.61. The van der Waals surface area contributed by atoms with Gasteiger partial charge in [0.2, 0.25) is 0 Å². The molecule has 5 atom stereocenters. The number of aliphatic hydroxyl groups is 2. The molecule has 0 bridgehead atoms. The van der Waals surface area contributed by atoms with Crippen molar-refractivity contribution < 1.29 is 15.3 Å². The van der Waals surface area contributed by atoms with Gasteiger partial charge in [0, 0.05) is 11.8 Å². The van der Waals surface area contributed by atoms with Crippen LogP contribution in [0.2, 0.25) is 0 Å². The average molecular weight is 332 g/mol. The van der Waals surface area contributed by atoms with Crippen LogP contribution in [0.3, 0.4) is 0 Å². The summed E-state index contributed by atoms with van der Waals surface area (Å²) in [5.74, 6) is 0.712. The van der Waals surface area contributed by atoms with Gasteiger partial charge in [0.1, 0.15) is 5.75 Å². The van der Waals surface area contributed by atoms with Gasteiger partial charge in [-0.05, 0) is 54.6 Å². The molecule has 2 fully saturated rings. The molecule has 3 nitrogen and oxygen atoms in total. The van der Waals surface area contributed by atoms with Gasteiger partial charge in [0.25, 0.3) is 0 Å². The van der Waals surface area contributed by atoms with Crippen LogP contribution >= 0.6 is 0 Å². The maximum atomic E-state index is 11.9. The Balaban J connectivity index is 2.03. The quantitative estimate of drug-likeness (QED) is 0.770. The van der Waals surface area contributed by atoms with Crippen LogP contribution in [0.15, 0.2) is 24.3 Å². The molecule has 0 radical (unpaired) electrons. The zero-order valence-electron chi connectivity index (χ0n) is 15.4. The number of fused-ring (bicyclic) bond motifs is 1. The molecule has 1 unspecified atom stereocenters. The maximum Gasteiger partial charge on any atom is 0.118 e. The van der Waals surface area contributed by atoms with Gasteiger partial charge in [0.15, 0.2) is 0 Å². The minimum absolute atomic E-state index is 0.171. The van der Waals surface area contributed by atoms with Crippen molar-refractivity contribution in [2.45, 2.75) is 71.5 Å². The van der Waals surface area contributed by atoms with Crippen molar-refractivity contribution in [3.63, 3.8) is 0 Å². The van der Waals surface area contributed by atoms with Gasteiger partial charge in [-0.15, -0.1) is 0 Å². The molecule has 3 rings (SSSR count). The van der Waals surface area contributed by atoms with Gasteiger partial charge in [-0.1, -0.05) is 45.9 Å². The lowest BCUT2D eigenvalue weighted by molar-refractivity contribution is -0.229. The number of phenolic OH excluding ortho intramolecular Hbond substituents is 1. The van der Waals surface area contributed by atoms with Gasteiger partial charge >= 0.3 is 0 Å². The largest absolute Gasteiger partial charge is 0.508 e. The molecule has 0 aromatic heterocycles. The zero-order chi connectivity index (χ0) is 17.8. The predicted molar refractivity (Wildman–Crippen MR) is 95.8 cm³/mol. The topological polar surface area (TPSA) is 60.7 Å². The number of hydrogen-bond donors (Lipinski definition) is 3. The molecule has 1 aromatic rings. The molecular weight excluding hydrogens is 300 g/mol. The molecule has 134 valence electrons. The zero-order valence-corrected chi connectivity index (χ0v) is 15.4. The summed E-state index contributed by atoms with van der Waals surface area (Å²) in [7, 11) is 0. The maximum absolute atomic E-state index is 11.9. The van der Waals surface area contributed by atoms with Crippen molar-refractivity contribution >= 4 is 0 Å². The Kier molecular flexibility index (Phi) is 4.25. The van der Waals surface area contributed by atoms with Crippen molar-refractivity contribution in [3.8, 4) is 5.75 Å². The highest BCUT2D eigenvalue weighted by atomic mass is 16.3. The average Bonchev–Trinajstić information content (AvgIpc) is 2.52. The van der Waals surface area contributed by atoms with Crippen LogP contribution < -0.4 is 0 Å². The fourth-order valence-electron chi connectivity index (χ4n) is 5.79. The van der Waals surface area contributed by atoms with Crippen LogP contribution in [-0.4, -0.2) is 27.0 Å². The Labute approximate surface area is 145 Å². The molecule has 0 aliphatic heterocycles. The van der Waals surface area contributed by atoms with E-state index in [1.807, 2.05) is 18.2 Å². The van der Waals surface area contributed by atoms with E-state index in [-0.39, 0.29) is 34.5 Å². The Hall–Kier alpha value is -1.06. The molecule has 1 aromatic carbocycles. The number of benzene rings is 1. The highest BCUT2D eigenvalue weighted by Gasteiger charge is 2.63. The first-order valence-electron chi connectivity index (χ1n) is 9.30. The summed E-state index contributed by atoms with van der Waals surface area (Å²) < 4.78 is 0. The Morgan fingerprint density at radius 1 is 1.08 bits per heavy atom. The number of hydrogen-bond acceptors (Lipinski definition) is 3. The number of phenols is 1. The molecule has 2 saturated carbocycles. The molecule has 24 heavy (non-hydrogen) atoms. The second kappa shape index (κ2) is 5.74. The molecule has 3 N–H and O–H groups in total. The molecule has 2 aliphatic rings. The Bertz CT molecular complexity index is 611. The van der Waals surface area contributed by atoms with Crippen molar-refractivity contribution in [3.05, 3.63) is 29.8 Å². The van der Waals surface area contributed by atoms with Crippen molar-refractivity contribution in [2.75, 3.05) is 0 Å². The lowest BCUT2D eigenvalue weighted by Crippen LogP contribution is -2.65. The van der Waals surface area contributed by atoms with E-state index in [1.54, 1.807) is 6.07 Å². The fourth-order valence-corrected chi connectivity index (χ4v) is 5.79. The van der Waals surface area contributed by atoms with Crippen LogP contribution in [-0.2, 0) is 6.42 Å². The first kappa shape index (κ1) is 17.8. The van der Waals surface area contributed by atoms with Crippen LogP contribution in [0.1, 0.15) is 58.9 Å². The van der Waals surface area contributed by atoms with E-state index in [0.717, 1.165) is 31.2 Å². The summed E-state index contributed by atoms with van der Waals surface area (Å²) in [4.78, 5) is 0. The van der Waals surface area contributed by atoms with E-state index in [0.29, 0.717) is 6.42 Å². The third kappa shape index (κ3) is 2.40. The van der Waals surface area contributed by atoms with Crippen molar-refractivity contribution in [1.29, 1.82) is 0 Å². The van der Waals surface area contributed by atoms with Gasteiger partial charge in [-0.25, -0.2) is 0 Å². The fraction of sp³-hybridized carbons (Fsp3) is 0.714. The summed E-state index contributed by atoms with van der Waals surface area (Å²) in [6, 6.07) is 7.34. The highest BCUT2D eigenvalue weighted by molar-refractivity contribution is 5.34. The van der Waals surface area contributed by atoms with Crippen molar-refractivity contribution in [1.82, 2.24) is 0 Å². The number of aliphatic hydroxyl groups excluding tert-OH is 1. The first-order chi connectivity index (χ1) is 11.1. The van der Waals surface area contributed by atoms with E-state index < -0.39 is 5.60 Å². The van der Waals surface area contributed by atoms with Gasteiger partial charge < -0.3 is 15.3 Å². The van der Waals surface area contributed by atoms with Crippen LogP contribution in [0.5, 0.6) is 5.75 Å². The summed E-state index contributed by atoms with van der Waals surface area (Å²) >= 11 is 0. The molecule has 0 heterocycles. The Morgan fingerprint density at radius 2 is 1.75 bits per heavy atom. The highest BCUT2D eigenvalue weighted by Crippen LogP contribution is 2.63. The van der Waals surface area contributed by atoms with Gasteiger partial charge in [0.05, 0.1) is 11.7 Å². The molecule has 0 amide bonds. The third-order valence-electron chi connectivity index (χ3n) is 7.61. The number of aromatic hydroxyl groups is 1. The second-order valence-corrected chi connectivity index (χ2v) is 9.05. The summed E-state index contributed by atoms with van der Waals surface area (Å²) in [6.45, 7) is 8.65. The summed E-state index contributed by atoms with van der Waals surface area (Å²) in [6.07, 6.45) is 3.73. The normalized spacial score (nSPS) is 41.7. The van der Waals surface area contributed by atoms with Crippen LogP contribution in [0.25, 0.3) is 0 Å². The minimum Gasteiger partial charge on any atom is -0.508 e. The smallest absolute Gasteiger partial charge is 0.118 e.